The average Bonchev–Trinajstić information content (AvgIpc) is 2.56. The van der Waals surface area contributed by atoms with E-state index in [4.69, 9.17) is 38.8 Å². The first-order chi connectivity index (χ1) is 11.8. The van der Waals surface area contributed by atoms with E-state index in [1.807, 2.05) is 0 Å². The second-order valence-electron chi connectivity index (χ2n) is 5.32. The number of primary amides is 1. The first-order valence-electron chi connectivity index (χ1n) is 7.30. The minimum Gasteiger partial charge on any atom is -0.493 e. The zero-order valence-corrected chi connectivity index (χ0v) is 14.8. The van der Waals surface area contributed by atoms with Crippen molar-refractivity contribution in [2.45, 2.75) is 6.92 Å². The van der Waals surface area contributed by atoms with Crippen LogP contribution in [0.3, 0.4) is 0 Å². The number of aliphatic carboxylic acids is 1. The van der Waals surface area contributed by atoms with Crippen LogP contribution >= 0.6 is 23.2 Å². The summed E-state index contributed by atoms with van der Waals surface area (Å²) >= 11 is 11.9. The number of ether oxygens (including phenoxy) is 1. The molecule has 0 aliphatic rings. The summed E-state index contributed by atoms with van der Waals surface area (Å²) in [5.74, 6) is -1.08. The fourth-order valence-corrected chi connectivity index (χ4v) is 2.30. The van der Waals surface area contributed by atoms with Crippen molar-refractivity contribution in [1.82, 2.24) is 0 Å². The molecule has 0 heterocycles. The first-order valence-corrected chi connectivity index (χ1v) is 8.05. The van der Waals surface area contributed by atoms with Gasteiger partial charge in [-0.05, 0) is 49.4 Å². The third-order valence-electron chi connectivity index (χ3n) is 3.40. The summed E-state index contributed by atoms with van der Waals surface area (Å²) < 4.78 is 5.41. The third kappa shape index (κ3) is 4.78. The van der Waals surface area contributed by atoms with Crippen LogP contribution < -0.4 is 15.4 Å². The van der Waals surface area contributed by atoms with Crippen molar-refractivity contribution < 1.29 is 19.4 Å². The van der Waals surface area contributed by atoms with Gasteiger partial charge in [-0.15, -0.1) is 0 Å². The minimum absolute atomic E-state index is 0.0427. The molecule has 0 fully saturated rings. The van der Waals surface area contributed by atoms with E-state index in [1.54, 1.807) is 43.3 Å². The van der Waals surface area contributed by atoms with Gasteiger partial charge >= 0.3 is 12.0 Å². The molecule has 2 rings (SSSR count). The van der Waals surface area contributed by atoms with Gasteiger partial charge in [0.25, 0.3) is 0 Å². The quantitative estimate of drug-likeness (QED) is 0.778. The molecule has 0 aliphatic heterocycles. The molecule has 0 radical (unpaired) electrons. The number of carbonyl (C=O) groups excluding carboxylic acids is 1. The molecule has 2 aromatic carbocycles. The van der Waals surface area contributed by atoms with Gasteiger partial charge in [-0.25, -0.2) is 4.79 Å². The summed E-state index contributed by atoms with van der Waals surface area (Å²) in [6.07, 6.45) is 0. The predicted octanol–water partition coefficient (Wildman–Crippen LogP) is 4.31. The molecule has 0 aromatic heterocycles. The largest absolute Gasteiger partial charge is 0.493 e. The van der Waals surface area contributed by atoms with E-state index in [9.17, 15) is 9.59 Å². The normalized spacial score (nSPS) is 11.6. The summed E-state index contributed by atoms with van der Waals surface area (Å²) in [5, 5.41) is 9.51. The molecule has 0 aliphatic carbocycles. The van der Waals surface area contributed by atoms with E-state index in [0.29, 0.717) is 27.2 Å². The van der Waals surface area contributed by atoms with Crippen molar-refractivity contribution >= 4 is 46.6 Å². The van der Waals surface area contributed by atoms with Gasteiger partial charge in [-0.1, -0.05) is 23.2 Å². The Morgan fingerprint density at radius 1 is 1.12 bits per heavy atom. The number of nitrogens with two attached hydrogens (primary N) is 1. The fraction of sp³-hybridized carbons (Fsp3) is 0.176. The van der Waals surface area contributed by atoms with E-state index >= 15 is 0 Å². The third-order valence-corrected chi connectivity index (χ3v) is 4.14. The van der Waals surface area contributed by atoms with Crippen LogP contribution in [-0.2, 0) is 4.79 Å². The van der Waals surface area contributed by atoms with Crippen LogP contribution in [0.15, 0.2) is 42.5 Å². The highest BCUT2D eigenvalue weighted by Gasteiger charge is 2.17. The van der Waals surface area contributed by atoms with Gasteiger partial charge in [0.1, 0.15) is 12.4 Å². The number of hydrogen-bond acceptors (Lipinski definition) is 3. The van der Waals surface area contributed by atoms with Crippen LogP contribution in [0.5, 0.6) is 5.75 Å². The Balaban J connectivity index is 2.20. The second-order valence-corrected chi connectivity index (χ2v) is 6.13. The van der Waals surface area contributed by atoms with Gasteiger partial charge in [-0.2, -0.15) is 0 Å². The number of hydrogen-bond donors (Lipinski definition) is 2. The lowest BCUT2D eigenvalue weighted by Gasteiger charge is -2.21. The van der Waals surface area contributed by atoms with Crippen molar-refractivity contribution in [1.29, 1.82) is 0 Å². The van der Waals surface area contributed by atoms with Crippen LogP contribution in [0.4, 0.5) is 16.2 Å². The first kappa shape index (κ1) is 18.9. The van der Waals surface area contributed by atoms with E-state index in [2.05, 4.69) is 0 Å². The molecular weight excluding hydrogens is 367 g/mol. The summed E-state index contributed by atoms with van der Waals surface area (Å²) in [4.78, 5) is 23.9. The number of urea groups is 1. The zero-order chi connectivity index (χ0) is 18.6. The molecule has 3 N–H and O–H groups in total. The topological polar surface area (TPSA) is 92.9 Å². The van der Waals surface area contributed by atoms with Crippen molar-refractivity contribution in [2.75, 3.05) is 11.5 Å². The monoisotopic (exact) mass is 382 g/mol. The summed E-state index contributed by atoms with van der Waals surface area (Å²) in [5.41, 5.74) is 6.44. The van der Waals surface area contributed by atoms with Crippen LogP contribution in [-0.4, -0.2) is 23.7 Å². The molecular formula is C17H16Cl2N2O4. The molecule has 1 unspecified atom stereocenters. The molecule has 0 spiro atoms. The zero-order valence-electron chi connectivity index (χ0n) is 13.3. The fourth-order valence-electron chi connectivity index (χ4n) is 2.01. The Labute approximate surface area is 154 Å². The van der Waals surface area contributed by atoms with Gasteiger partial charge in [0.05, 0.1) is 27.3 Å². The summed E-state index contributed by atoms with van der Waals surface area (Å²) in [6, 6.07) is 10.5. The van der Waals surface area contributed by atoms with Crippen LogP contribution in [0.1, 0.15) is 6.92 Å². The van der Waals surface area contributed by atoms with Gasteiger partial charge in [0.15, 0.2) is 0 Å². The highest BCUT2D eigenvalue weighted by Crippen LogP contribution is 2.32. The Bertz CT molecular complexity index is 781. The lowest BCUT2D eigenvalue weighted by atomic mass is 10.2. The van der Waals surface area contributed by atoms with Crippen LogP contribution in [0, 0.1) is 5.92 Å². The van der Waals surface area contributed by atoms with Crippen molar-refractivity contribution in [3.63, 3.8) is 0 Å². The number of carbonyl (C=O) groups is 2. The molecule has 8 heteroatoms. The molecule has 6 nitrogen and oxygen atoms in total. The number of halogens is 2. The van der Waals surface area contributed by atoms with Crippen LogP contribution in [0.2, 0.25) is 10.0 Å². The van der Waals surface area contributed by atoms with E-state index < -0.39 is 17.9 Å². The Hall–Kier alpha value is -2.44. The highest BCUT2D eigenvalue weighted by molar-refractivity contribution is 6.42. The molecule has 2 aromatic rings. The maximum atomic E-state index is 11.8. The van der Waals surface area contributed by atoms with Crippen molar-refractivity contribution in [2.24, 2.45) is 11.7 Å². The number of amides is 2. The van der Waals surface area contributed by atoms with Crippen molar-refractivity contribution in [3.05, 3.63) is 52.5 Å². The number of anilines is 2. The minimum atomic E-state index is -0.934. The number of benzene rings is 2. The summed E-state index contributed by atoms with van der Waals surface area (Å²) in [6.45, 7) is 1.59. The Morgan fingerprint density at radius 3 is 2.24 bits per heavy atom. The Kier molecular flexibility index (Phi) is 6.12. The smallest absolute Gasteiger partial charge is 0.323 e. The maximum absolute atomic E-state index is 11.8. The number of nitrogens with zero attached hydrogens (tertiary/aromatic N) is 1. The number of carboxylic acid groups (broad SMARTS) is 1. The number of carboxylic acids is 1. The molecule has 1 atom stereocenters. The Morgan fingerprint density at radius 2 is 1.72 bits per heavy atom. The van der Waals surface area contributed by atoms with Gasteiger partial charge in [-0.3, -0.25) is 9.69 Å². The van der Waals surface area contributed by atoms with Crippen molar-refractivity contribution in [3.8, 4) is 5.75 Å². The molecule has 0 saturated heterocycles. The molecule has 0 bridgehead atoms. The van der Waals surface area contributed by atoms with Gasteiger partial charge in [0, 0.05) is 0 Å². The number of rotatable bonds is 6. The van der Waals surface area contributed by atoms with E-state index in [0.717, 1.165) is 0 Å². The molecule has 2 amide bonds. The standard InChI is InChI=1S/C17H16Cl2N2O4/c1-10(16(22)23)9-25-13-5-2-11(3-6-13)21(17(20)24)12-4-7-14(18)15(19)8-12/h2-8,10H,9H2,1H3,(H2,20,24)(H,22,23). The van der Waals surface area contributed by atoms with Gasteiger partial charge < -0.3 is 15.6 Å². The molecule has 25 heavy (non-hydrogen) atoms. The highest BCUT2D eigenvalue weighted by atomic mass is 35.5. The summed E-state index contributed by atoms with van der Waals surface area (Å²) in [7, 11) is 0. The van der Waals surface area contributed by atoms with E-state index in [1.165, 1.54) is 11.0 Å². The molecule has 0 saturated carbocycles. The lowest BCUT2D eigenvalue weighted by molar-refractivity contribution is -0.142. The SMILES string of the molecule is CC(COc1ccc(N(C(N)=O)c2ccc(Cl)c(Cl)c2)cc1)C(=O)O. The van der Waals surface area contributed by atoms with E-state index in [-0.39, 0.29) is 6.61 Å². The second kappa shape index (κ2) is 8.09. The lowest BCUT2D eigenvalue weighted by Crippen LogP contribution is -2.31. The maximum Gasteiger partial charge on any atom is 0.323 e. The van der Waals surface area contributed by atoms with Crippen LogP contribution in [0.25, 0.3) is 0 Å². The predicted molar refractivity (Wildman–Crippen MR) is 96.9 cm³/mol. The van der Waals surface area contributed by atoms with Gasteiger partial charge in [0.2, 0.25) is 0 Å². The molecule has 132 valence electrons. The average molecular weight is 383 g/mol.